The number of carbonyl (C=O) groups excluding carboxylic acids is 3. The lowest BCUT2D eigenvalue weighted by Crippen LogP contribution is -2.45. The highest BCUT2D eigenvalue weighted by Gasteiger charge is 2.59. The second-order valence-corrected chi connectivity index (χ2v) is 18.6. The first kappa shape index (κ1) is 23.7. The van der Waals surface area contributed by atoms with E-state index in [4.69, 9.17) is 18.3 Å². The van der Waals surface area contributed by atoms with Crippen molar-refractivity contribution in [3.8, 4) is 0 Å². The number of nitrogens with zero attached hydrogens (tertiary/aromatic N) is 1. The van der Waals surface area contributed by atoms with Gasteiger partial charge in [0.2, 0.25) is 16.6 Å². The van der Waals surface area contributed by atoms with Crippen LogP contribution in [0.2, 0.25) is 26.2 Å². The van der Waals surface area contributed by atoms with Crippen molar-refractivity contribution in [3.05, 3.63) is 34.4 Å². The summed E-state index contributed by atoms with van der Waals surface area (Å²) in [6.45, 7) is 14.0. The van der Waals surface area contributed by atoms with E-state index in [-0.39, 0.29) is 11.1 Å². The lowest BCUT2D eigenvalue weighted by molar-refractivity contribution is -0.139. The SMILES string of the molecule is COC(=O)C1=C(C(=O)OC)C2c3cc4c(cc3C1N2C(=O)OC(C)(C)C)[Si](C)(C)O[Si]4(C)C. The Labute approximate surface area is 196 Å². The molecule has 1 aromatic carbocycles. The van der Waals surface area contributed by atoms with Crippen molar-refractivity contribution < 1.29 is 32.7 Å². The molecule has 1 aromatic rings. The van der Waals surface area contributed by atoms with Gasteiger partial charge in [0.1, 0.15) is 5.60 Å². The summed E-state index contributed by atoms with van der Waals surface area (Å²) >= 11 is 0. The van der Waals surface area contributed by atoms with Gasteiger partial charge < -0.3 is 18.3 Å². The highest BCUT2D eigenvalue weighted by molar-refractivity contribution is 7.05. The van der Waals surface area contributed by atoms with Crippen LogP contribution < -0.4 is 10.4 Å². The van der Waals surface area contributed by atoms with Crippen LogP contribution in [0.5, 0.6) is 0 Å². The predicted molar refractivity (Wildman–Crippen MR) is 126 cm³/mol. The molecule has 0 aromatic heterocycles. The Kier molecular flexibility index (Phi) is 5.23. The van der Waals surface area contributed by atoms with Crippen LogP contribution in [0, 0.1) is 0 Å². The zero-order valence-electron chi connectivity index (χ0n) is 20.6. The van der Waals surface area contributed by atoms with Crippen LogP contribution in [-0.4, -0.2) is 59.4 Å². The van der Waals surface area contributed by atoms with Gasteiger partial charge in [-0.05, 0) is 68.5 Å². The molecule has 2 atom stereocenters. The minimum absolute atomic E-state index is 0.127. The van der Waals surface area contributed by atoms with Gasteiger partial charge in [-0.2, -0.15) is 0 Å². The Bertz CT molecular complexity index is 1050. The molecule has 3 heterocycles. The number of benzene rings is 1. The minimum atomic E-state index is -2.15. The van der Waals surface area contributed by atoms with Gasteiger partial charge in [-0.3, -0.25) is 4.90 Å². The molecule has 0 saturated heterocycles. The zero-order chi connectivity index (χ0) is 24.7. The van der Waals surface area contributed by atoms with E-state index in [1.807, 2.05) is 0 Å². The number of rotatable bonds is 2. The Morgan fingerprint density at radius 3 is 1.58 bits per heavy atom. The number of esters is 2. The molecule has 0 saturated carbocycles. The number of carbonyl (C=O) groups is 3. The van der Waals surface area contributed by atoms with Gasteiger partial charge in [0.05, 0.1) is 37.4 Å². The molecule has 178 valence electrons. The Morgan fingerprint density at radius 2 is 1.24 bits per heavy atom. The minimum Gasteiger partial charge on any atom is -0.466 e. The molecule has 3 aliphatic heterocycles. The first-order chi connectivity index (χ1) is 15.1. The van der Waals surface area contributed by atoms with Crippen molar-refractivity contribution in [2.24, 2.45) is 0 Å². The molecular weight excluding hydrogens is 458 g/mol. The third-order valence-electron chi connectivity index (χ3n) is 6.43. The van der Waals surface area contributed by atoms with Crippen LogP contribution in [0.1, 0.15) is 44.0 Å². The van der Waals surface area contributed by atoms with E-state index in [2.05, 4.69) is 38.3 Å². The third-order valence-corrected chi connectivity index (χ3v) is 14.2. The van der Waals surface area contributed by atoms with Gasteiger partial charge in [0.15, 0.2) is 0 Å². The van der Waals surface area contributed by atoms with Gasteiger partial charge in [-0.25, -0.2) is 14.4 Å². The zero-order valence-corrected chi connectivity index (χ0v) is 22.6. The van der Waals surface area contributed by atoms with Crippen LogP contribution in [0.3, 0.4) is 0 Å². The molecule has 0 spiro atoms. The average molecular weight is 490 g/mol. The maximum Gasteiger partial charge on any atom is 0.411 e. The maximum absolute atomic E-state index is 13.4. The van der Waals surface area contributed by atoms with Crippen LogP contribution in [0.15, 0.2) is 23.3 Å². The van der Waals surface area contributed by atoms with Crippen molar-refractivity contribution >= 4 is 45.0 Å². The van der Waals surface area contributed by atoms with Crippen LogP contribution in [0.25, 0.3) is 0 Å². The molecule has 0 N–H and O–H groups in total. The van der Waals surface area contributed by atoms with E-state index in [0.717, 1.165) is 11.1 Å². The largest absolute Gasteiger partial charge is 0.466 e. The second-order valence-electron chi connectivity index (χ2n) is 10.7. The van der Waals surface area contributed by atoms with Gasteiger partial charge in [0, 0.05) is 0 Å². The van der Waals surface area contributed by atoms with Crippen molar-refractivity contribution in [2.45, 2.75) is 64.6 Å². The quantitative estimate of drug-likeness (QED) is 0.358. The first-order valence-electron chi connectivity index (χ1n) is 11.0. The van der Waals surface area contributed by atoms with Gasteiger partial charge >= 0.3 is 18.0 Å². The third kappa shape index (κ3) is 3.46. The number of hydrogen-bond donors (Lipinski definition) is 0. The van der Waals surface area contributed by atoms with E-state index < -0.39 is 52.4 Å². The van der Waals surface area contributed by atoms with Crippen molar-refractivity contribution in [2.75, 3.05) is 14.2 Å². The molecule has 33 heavy (non-hydrogen) atoms. The van der Waals surface area contributed by atoms with Crippen molar-refractivity contribution in [3.63, 3.8) is 0 Å². The molecule has 8 nitrogen and oxygen atoms in total. The summed E-state index contributed by atoms with van der Waals surface area (Å²) in [7, 11) is -1.79. The van der Waals surface area contributed by atoms with Crippen molar-refractivity contribution in [1.82, 2.24) is 4.90 Å². The summed E-state index contributed by atoms with van der Waals surface area (Å²) < 4.78 is 22.3. The van der Waals surface area contributed by atoms with Gasteiger partial charge in [-0.15, -0.1) is 0 Å². The Balaban J connectivity index is 1.97. The van der Waals surface area contributed by atoms with Crippen LogP contribution >= 0.6 is 0 Å². The average Bonchev–Trinajstić information content (AvgIpc) is 3.26. The molecule has 10 heteroatoms. The topological polar surface area (TPSA) is 91.4 Å². The molecule has 2 bridgehead atoms. The predicted octanol–water partition coefficient (Wildman–Crippen LogP) is 2.53. The van der Waals surface area contributed by atoms with E-state index in [9.17, 15) is 14.4 Å². The summed E-state index contributed by atoms with van der Waals surface area (Å²) in [5.74, 6) is -1.32. The summed E-state index contributed by atoms with van der Waals surface area (Å²) in [5.41, 5.74) is 1.13. The van der Waals surface area contributed by atoms with Crippen LogP contribution in [-0.2, 0) is 27.9 Å². The van der Waals surface area contributed by atoms with E-state index in [0.29, 0.717) is 0 Å². The molecule has 0 aliphatic carbocycles. The fraction of sp³-hybridized carbons (Fsp3) is 0.522. The van der Waals surface area contributed by atoms with E-state index in [1.165, 1.54) is 29.5 Å². The summed E-state index contributed by atoms with van der Waals surface area (Å²) in [5, 5.41) is 2.36. The summed E-state index contributed by atoms with van der Waals surface area (Å²) in [6, 6.07) is 2.58. The number of ether oxygens (including phenoxy) is 3. The Morgan fingerprint density at radius 1 is 0.848 bits per heavy atom. The number of methoxy groups -OCH3 is 2. The lowest BCUT2D eigenvalue weighted by Gasteiger charge is -2.28. The fourth-order valence-electron chi connectivity index (χ4n) is 5.37. The second kappa shape index (κ2) is 7.28. The Hall–Kier alpha value is -2.44. The lowest BCUT2D eigenvalue weighted by atomic mass is 9.86. The highest BCUT2D eigenvalue weighted by Crippen LogP contribution is 2.57. The highest BCUT2D eigenvalue weighted by atomic mass is 28.4. The molecular formula is C23H31NO7Si2. The maximum atomic E-state index is 13.4. The molecule has 2 unspecified atom stereocenters. The summed E-state index contributed by atoms with van der Waals surface area (Å²) in [6.07, 6.45) is -0.599. The van der Waals surface area contributed by atoms with Crippen molar-refractivity contribution in [1.29, 1.82) is 0 Å². The standard InChI is InChI=1S/C23H31NO7Si2/c1-23(2,3)30-22(27)24-18-12-10-14-15(33(8,9)31-32(14,6)7)11-13(12)19(24)17(21(26)29-5)16(18)20(25)28-4/h10-11,18-19H,1-9H3. The van der Waals surface area contributed by atoms with E-state index in [1.54, 1.807) is 20.8 Å². The number of hydrogen-bond acceptors (Lipinski definition) is 7. The molecule has 0 fully saturated rings. The molecule has 1 amide bonds. The van der Waals surface area contributed by atoms with Gasteiger partial charge in [-0.1, -0.05) is 12.1 Å². The first-order valence-corrected chi connectivity index (χ1v) is 16.8. The summed E-state index contributed by atoms with van der Waals surface area (Å²) in [4.78, 5) is 40.6. The van der Waals surface area contributed by atoms with Crippen LogP contribution in [0.4, 0.5) is 4.79 Å². The van der Waals surface area contributed by atoms with Gasteiger partial charge in [0.25, 0.3) is 0 Å². The monoisotopic (exact) mass is 489 g/mol. The molecule has 0 radical (unpaired) electrons. The smallest absolute Gasteiger partial charge is 0.411 e. The molecule has 4 rings (SSSR count). The normalized spacial score (nSPS) is 23.8. The molecule has 3 aliphatic rings. The fourth-order valence-corrected chi connectivity index (χ4v) is 15.6. The number of fused-ring (bicyclic) bond motifs is 6. The van der Waals surface area contributed by atoms with E-state index >= 15 is 0 Å². The number of amides is 1.